The average Bonchev–Trinajstić information content (AvgIpc) is 2.46. The summed E-state index contributed by atoms with van der Waals surface area (Å²) in [5, 5.41) is 0.913. The van der Waals surface area contributed by atoms with Crippen LogP contribution >= 0.6 is 0 Å². The predicted octanol–water partition coefficient (Wildman–Crippen LogP) is 5.23. The van der Waals surface area contributed by atoms with Crippen LogP contribution in [0.5, 0.6) is 0 Å². The van der Waals surface area contributed by atoms with Gasteiger partial charge in [-0.15, -0.1) is 0 Å². The number of aryl methyl sites for hydroxylation is 1. The van der Waals surface area contributed by atoms with Gasteiger partial charge in [0, 0.05) is 16.6 Å². The highest BCUT2D eigenvalue weighted by atomic mass is 19.4. The van der Waals surface area contributed by atoms with Crippen molar-refractivity contribution in [2.75, 3.05) is 0 Å². The van der Waals surface area contributed by atoms with Gasteiger partial charge in [0.25, 0.3) is 0 Å². The van der Waals surface area contributed by atoms with E-state index in [1.807, 2.05) is 31.2 Å². The molecular weight excluding hydrogens is 275 g/mol. The molecule has 0 bridgehead atoms. The highest BCUT2D eigenvalue weighted by Gasteiger charge is 2.30. The van der Waals surface area contributed by atoms with Crippen LogP contribution in [0, 0.1) is 6.92 Å². The molecular formula is C17H12F3N. The minimum Gasteiger partial charge on any atom is -0.252 e. The van der Waals surface area contributed by atoms with E-state index in [9.17, 15) is 13.2 Å². The third kappa shape index (κ3) is 2.61. The number of hydrogen-bond acceptors (Lipinski definition) is 1. The molecule has 0 fully saturated rings. The minimum absolute atomic E-state index is 0.522. The summed E-state index contributed by atoms with van der Waals surface area (Å²) in [5.74, 6) is 0. The highest BCUT2D eigenvalue weighted by molar-refractivity contribution is 5.93. The smallest absolute Gasteiger partial charge is 0.252 e. The van der Waals surface area contributed by atoms with Crippen LogP contribution in [0.3, 0.4) is 0 Å². The molecule has 0 aliphatic heterocycles. The molecule has 0 radical (unpaired) electrons. The Morgan fingerprint density at radius 2 is 1.67 bits per heavy atom. The van der Waals surface area contributed by atoms with Gasteiger partial charge in [-0.3, -0.25) is 4.98 Å². The van der Waals surface area contributed by atoms with E-state index in [-0.39, 0.29) is 0 Å². The van der Waals surface area contributed by atoms with Crippen molar-refractivity contribution in [3.05, 3.63) is 65.9 Å². The zero-order chi connectivity index (χ0) is 15.0. The van der Waals surface area contributed by atoms with E-state index in [4.69, 9.17) is 0 Å². The number of alkyl halides is 3. The van der Waals surface area contributed by atoms with Crippen LogP contribution in [-0.2, 0) is 6.18 Å². The topological polar surface area (TPSA) is 12.9 Å². The number of halogens is 3. The maximum absolute atomic E-state index is 12.8. The Kier molecular flexibility index (Phi) is 3.16. The molecule has 0 aliphatic rings. The number of aromatic nitrogens is 1. The van der Waals surface area contributed by atoms with Crippen molar-refractivity contribution in [3.63, 3.8) is 0 Å². The second kappa shape index (κ2) is 4.88. The Hall–Kier alpha value is -2.36. The van der Waals surface area contributed by atoms with Crippen LogP contribution in [0.1, 0.15) is 11.3 Å². The molecule has 106 valence electrons. The molecule has 0 N–H and O–H groups in total. The molecule has 4 heteroatoms. The van der Waals surface area contributed by atoms with Gasteiger partial charge >= 0.3 is 6.18 Å². The molecule has 0 amide bonds. The number of para-hydroxylation sites is 1. The Morgan fingerprint density at radius 3 is 2.43 bits per heavy atom. The quantitative estimate of drug-likeness (QED) is 0.597. The summed E-state index contributed by atoms with van der Waals surface area (Å²) in [6.45, 7) is 1.86. The van der Waals surface area contributed by atoms with Crippen molar-refractivity contribution < 1.29 is 13.2 Å². The van der Waals surface area contributed by atoms with Crippen molar-refractivity contribution in [2.45, 2.75) is 13.1 Å². The molecule has 21 heavy (non-hydrogen) atoms. The fraction of sp³-hybridized carbons (Fsp3) is 0.118. The Labute approximate surface area is 120 Å². The summed E-state index contributed by atoms with van der Waals surface area (Å²) in [6.07, 6.45) is -4.34. The first-order valence-corrected chi connectivity index (χ1v) is 6.49. The molecule has 1 heterocycles. The molecule has 1 aromatic heterocycles. The van der Waals surface area contributed by atoms with Crippen molar-refractivity contribution in [1.82, 2.24) is 4.98 Å². The van der Waals surface area contributed by atoms with Gasteiger partial charge in [0.2, 0.25) is 0 Å². The van der Waals surface area contributed by atoms with Crippen LogP contribution in [-0.4, -0.2) is 4.98 Å². The summed E-state index contributed by atoms with van der Waals surface area (Å²) >= 11 is 0. The number of fused-ring (bicyclic) bond motifs is 1. The Morgan fingerprint density at radius 1 is 0.905 bits per heavy atom. The maximum Gasteiger partial charge on any atom is 0.416 e. The summed E-state index contributed by atoms with van der Waals surface area (Å²) in [4.78, 5) is 4.46. The highest BCUT2D eigenvalue weighted by Crippen LogP contribution is 2.34. The first-order valence-electron chi connectivity index (χ1n) is 6.49. The first-order chi connectivity index (χ1) is 9.95. The Balaban J connectivity index is 2.23. The van der Waals surface area contributed by atoms with E-state index >= 15 is 0 Å². The fourth-order valence-corrected chi connectivity index (χ4v) is 2.34. The first kappa shape index (κ1) is 13.6. The van der Waals surface area contributed by atoms with Crippen LogP contribution < -0.4 is 0 Å². The number of pyridine rings is 1. The normalized spacial score (nSPS) is 11.8. The standard InChI is InChI=1S/C17H12F3N/c1-11-8-9-12-4-3-7-15(16(12)21-11)13-5-2-6-14(10-13)17(18,19)20/h2-10H,1H3. The Bertz CT molecular complexity index is 806. The van der Waals surface area contributed by atoms with Crippen molar-refractivity contribution in [3.8, 4) is 11.1 Å². The van der Waals surface area contributed by atoms with E-state index in [1.165, 1.54) is 12.1 Å². The van der Waals surface area contributed by atoms with E-state index in [2.05, 4.69) is 4.98 Å². The van der Waals surface area contributed by atoms with Gasteiger partial charge in [-0.2, -0.15) is 13.2 Å². The van der Waals surface area contributed by atoms with Crippen LogP contribution in [0.4, 0.5) is 13.2 Å². The molecule has 0 saturated heterocycles. The third-order valence-corrected chi connectivity index (χ3v) is 3.36. The average molecular weight is 287 g/mol. The van der Waals surface area contributed by atoms with E-state index in [1.54, 1.807) is 12.1 Å². The van der Waals surface area contributed by atoms with E-state index in [0.29, 0.717) is 11.1 Å². The molecule has 3 rings (SSSR count). The summed E-state index contributed by atoms with van der Waals surface area (Å²) in [6, 6.07) is 14.7. The SMILES string of the molecule is Cc1ccc2cccc(-c3cccc(C(F)(F)F)c3)c2n1. The number of nitrogens with zero attached hydrogens (tertiary/aromatic N) is 1. The number of rotatable bonds is 1. The van der Waals surface area contributed by atoms with Crippen LogP contribution in [0.25, 0.3) is 22.0 Å². The monoisotopic (exact) mass is 287 g/mol. The summed E-state index contributed by atoms with van der Waals surface area (Å²) < 4.78 is 38.5. The van der Waals surface area contributed by atoms with Gasteiger partial charge in [-0.25, -0.2) is 0 Å². The lowest BCUT2D eigenvalue weighted by molar-refractivity contribution is -0.137. The lowest BCUT2D eigenvalue weighted by Crippen LogP contribution is -2.04. The van der Waals surface area contributed by atoms with Gasteiger partial charge in [0.1, 0.15) is 0 Å². The van der Waals surface area contributed by atoms with Crippen LogP contribution in [0.2, 0.25) is 0 Å². The van der Waals surface area contributed by atoms with Crippen molar-refractivity contribution in [1.29, 1.82) is 0 Å². The molecule has 1 nitrogen and oxygen atoms in total. The van der Waals surface area contributed by atoms with Crippen molar-refractivity contribution in [2.24, 2.45) is 0 Å². The van der Waals surface area contributed by atoms with E-state index in [0.717, 1.165) is 22.7 Å². The number of hydrogen-bond donors (Lipinski definition) is 0. The molecule has 0 atom stereocenters. The predicted molar refractivity (Wildman–Crippen MR) is 76.9 cm³/mol. The summed E-state index contributed by atoms with van der Waals surface area (Å²) in [5.41, 5.74) is 2.14. The second-order valence-electron chi connectivity index (χ2n) is 4.91. The molecule has 0 unspecified atom stereocenters. The zero-order valence-corrected chi connectivity index (χ0v) is 11.3. The van der Waals surface area contributed by atoms with Crippen LogP contribution in [0.15, 0.2) is 54.6 Å². The lowest BCUT2D eigenvalue weighted by atomic mass is 10.00. The molecule has 2 aromatic carbocycles. The molecule has 0 aliphatic carbocycles. The fourth-order valence-electron chi connectivity index (χ4n) is 2.34. The van der Waals surface area contributed by atoms with Gasteiger partial charge in [0.15, 0.2) is 0 Å². The molecule has 0 spiro atoms. The zero-order valence-electron chi connectivity index (χ0n) is 11.3. The maximum atomic E-state index is 12.8. The summed E-state index contributed by atoms with van der Waals surface area (Å²) in [7, 11) is 0. The minimum atomic E-state index is -4.34. The third-order valence-electron chi connectivity index (χ3n) is 3.36. The van der Waals surface area contributed by atoms with Gasteiger partial charge in [-0.1, -0.05) is 36.4 Å². The van der Waals surface area contributed by atoms with Crippen molar-refractivity contribution >= 4 is 10.9 Å². The molecule has 3 aromatic rings. The number of benzene rings is 2. The second-order valence-corrected chi connectivity index (χ2v) is 4.91. The van der Waals surface area contributed by atoms with E-state index < -0.39 is 11.7 Å². The van der Waals surface area contributed by atoms with Gasteiger partial charge < -0.3 is 0 Å². The van der Waals surface area contributed by atoms with Gasteiger partial charge in [0.05, 0.1) is 11.1 Å². The lowest BCUT2D eigenvalue weighted by Gasteiger charge is -2.10. The largest absolute Gasteiger partial charge is 0.416 e. The molecule has 0 saturated carbocycles. The van der Waals surface area contributed by atoms with Gasteiger partial charge in [-0.05, 0) is 30.7 Å².